The van der Waals surface area contributed by atoms with Gasteiger partial charge in [-0.05, 0) is 5.56 Å². The van der Waals surface area contributed by atoms with E-state index in [4.69, 9.17) is 9.84 Å². The highest BCUT2D eigenvalue weighted by Crippen LogP contribution is 2.11. The third-order valence-electron chi connectivity index (χ3n) is 2.98. The molecule has 1 aliphatic rings. The van der Waals surface area contributed by atoms with Crippen LogP contribution in [0.5, 0.6) is 0 Å². The molecule has 0 aliphatic carbocycles. The molecule has 2 rings (SSSR count). The Morgan fingerprint density at radius 1 is 1.35 bits per heavy atom. The number of ether oxygens (including phenoxy) is 1. The number of carbonyl (C=O) groups is 3. The third kappa shape index (κ3) is 3.25. The number of amides is 2. The Bertz CT molecular complexity index is 517. The summed E-state index contributed by atoms with van der Waals surface area (Å²) in [7, 11) is 0. The molecular weight excluding hydrogens is 264 g/mol. The van der Waals surface area contributed by atoms with Crippen molar-refractivity contribution in [2.24, 2.45) is 5.92 Å². The highest BCUT2D eigenvalue weighted by molar-refractivity contribution is 5.93. The van der Waals surface area contributed by atoms with Crippen LogP contribution in [0.3, 0.4) is 0 Å². The summed E-state index contributed by atoms with van der Waals surface area (Å²) in [6, 6.07) is 7.92. The molecule has 1 saturated heterocycles. The minimum absolute atomic E-state index is 0.00218. The number of carboxylic acids is 1. The average molecular weight is 278 g/mol. The van der Waals surface area contributed by atoms with Crippen molar-refractivity contribution in [3.05, 3.63) is 35.9 Å². The van der Waals surface area contributed by atoms with Crippen LogP contribution in [-0.2, 0) is 20.9 Å². The fourth-order valence-corrected chi connectivity index (χ4v) is 1.91. The summed E-state index contributed by atoms with van der Waals surface area (Å²) in [5.41, 5.74) is 0.799. The number of alkyl carbamates (subject to hydrolysis) is 1. The highest BCUT2D eigenvalue weighted by Gasteiger charge is 2.40. The first-order valence-corrected chi connectivity index (χ1v) is 6.05. The Hall–Kier alpha value is -2.57. The van der Waals surface area contributed by atoms with E-state index in [0.717, 1.165) is 5.56 Å². The molecule has 2 amide bonds. The van der Waals surface area contributed by atoms with Crippen molar-refractivity contribution in [3.63, 3.8) is 0 Å². The summed E-state index contributed by atoms with van der Waals surface area (Å²) in [5, 5.41) is 13.6. The molecule has 106 valence electrons. The van der Waals surface area contributed by atoms with Gasteiger partial charge < -0.3 is 20.5 Å². The molecule has 0 unspecified atom stereocenters. The number of benzene rings is 1. The third-order valence-corrected chi connectivity index (χ3v) is 2.98. The van der Waals surface area contributed by atoms with Crippen LogP contribution in [0.4, 0.5) is 4.79 Å². The van der Waals surface area contributed by atoms with Gasteiger partial charge in [-0.25, -0.2) is 4.79 Å². The van der Waals surface area contributed by atoms with E-state index in [1.54, 1.807) is 12.1 Å². The zero-order chi connectivity index (χ0) is 14.5. The van der Waals surface area contributed by atoms with Crippen molar-refractivity contribution in [2.75, 3.05) is 6.54 Å². The maximum atomic E-state index is 11.6. The van der Waals surface area contributed by atoms with Crippen molar-refractivity contribution in [3.8, 4) is 0 Å². The molecule has 0 radical (unpaired) electrons. The van der Waals surface area contributed by atoms with Crippen LogP contribution in [-0.4, -0.2) is 35.7 Å². The maximum absolute atomic E-state index is 11.6. The molecule has 1 aromatic rings. The first kappa shape index (κ1) is 13.9. The summed E-state index contributed by atoms with van der Waals surface area (Å²) in [4.78, 5) is 34.0. The van der Waals surface area contributed by atoms with Gasteiger partial charge in [0.2, 0.25) is 5.91 Å². The smallest absolute Gasteiger partial charge is 0.408 e. The summed E-state index contributed by atoms with van der Waals surface area (Å²) in [6.45, 7) is 0.0521. The van der Waals surface area contributed by atoms with Crippen molar-refractivity contribution in [1.29, 1.82) is 0 Å². The van der Waals surface area contributed by atoms with Gasteiger partial charge in [-0.1, -0.05) is 30.3 Å². The number of nitrogens with one attached hydrogen (secondary N) is 2. The number of carbonyl (C=O) groups excluding carboxylic acids is 2. The largest absolute Gasteiger partial charge is 0.481 e. The van der Waals surface area contributed by atoms with E-state index in [-0.39, 0.29) is 13.2 Å². The van der Waals surface area contributed by atoms with Gasteiger partial charge in [-0.3, -0.25) is 9.59 Å². The summed E-state index contributed by atoms with van der Waals surface area (Å²) in [6.07, 6.45) is -0.817. The van der Waals surface area contributed by atoms with E-state index in [0.29, 0.717) is 0 Å². The van der Waals surface area contributed by atoms with Gasteiger partial charge in [-0.2, -0.15) is 0 Å². The Balaban J connectivity index is 1.87. The van der Waals surface area contributed by atoms with Crippen LogP contribution >= 0.6 is 0 Å². The summed E-state index contributed by atoms with van der Waals surface area (Å²) < 4.78 is 4.94. The van der Waals surface area contributed by atoms with Crippen molar-refractivity contribution in [2.45, 2.75) is 12.6 Å². The lowest BCUT2D eigenvalue weighted by molar-refractivity contribution is -0.142. The molecule has 0 saturated carbocycles. The Kier molecular flexibility index (Phi) is 4.19. The van der Waals surface area contributed by atoms with Crippen LogP contribution in [0.25, 0.3) is 0 Å². The first-order chi connectivity index (χ1) is 9.58. The van der Waals surface area contributed by atoms with Gasteiger partial charge in [0.1, 0.15) is 18.6 Å². The van der Waals surface area contributed by atoms with Crippen molar-refractivity contribution >= 4 is 18.0 Å². The molecule has 20 heavy (non-hydrogen) atoms. The van der Waals surface area contributed by atoms with Crippen LogP contribution in [0.15, 0.2) is 30.3 Å². The number of rotatable bonds is 4. The quantitative estimate of drug-likeness (QED) is 0.725. The SMILES string of the molecule is O=C(N[C@@H]1C(=O)NC[C@H]1C(=O)O)OCc1ccccc1. The second-order valence-electron chi connectivity index (χ2n) is 4.37. The predicted octanol–water partition coefficient (Wildman–Crippen LogP) is 0.112. The second kappa shape index (κ2) is 6.05. The van der Waals surface area contributed by atoms with E-state index in [9.17, 15) is 14.4 Å². The fourth-order valence-electron chi connectivity index (χ4n) is 1.91. The molecule has 0 spiro atoms. The molecule has 1 fully saturated rings. The highest BCUT2D eigenvalue weighted by atomic mass is 16.5. The predicted molar refractivity (Wildman–Crippen MR) is 67.7 cm³/mol. The van der Waals surface area contributed by atoms with Crippen LogP contribution in [0.2, 0.25) is 0 Å². The lowest BCUT2D eigenvalue weighted by Gasteiger charge is -2.14. The molecule has 0 bridgehead atoms. The van der Waals surface area contributed by atoms with Gasteiger partial charge in [0, 0.05) is 6.54 Å². The van der Waals surface area contributed by atoms with Crippen LogP contribution < -0.4 is 10.6 Å². The van der Waals surface area contributed by atoms with Gasteiger partial charge in [0.25, 0.3) is 0 Å². The number of hydrogen-bond donors (Lipinski definition) is 3. The first-order valence-electron chi connectivity index (χ1n) is 6.05. The second-order valence-corrected chi connectivity index (χ2v) is 4.37. The van der Waals surface area contributed by atoms with Crippen LogP contribution in [0.1, 0.15) is 5.56 Å². The average Bonchev–Trinajstić information content (AvgIpc) is 2.79. The Morgan fingerprint density at radius 2 is 2.05 bits per heavy atom. The summed E-state index contributed by atoms with van der Waals surface area (Å²) in [5.74, 6) is -2.64. The molecular formula is C13H14N2O5. The summed E-state index contributed by atoms with van der Waals surface area (Å²) >= 11 is 0. The van der Waals surface area contributed by atoms with Crippen molar-refractivity contribution in [1.82, 2.24) is 10.6 Å². The fraction of sp³-hybridized carbons (Fsp3) is 0.308. The van der Waals surface area contributed by atoms with E-state index in [1.807, 2.05) is 18.2 Å². The van der Waals surface area contributed by atoms with E-state index >= 15 is 0 Å². The lowest BCUT2D eigenvalue weighted by atomic mass is 10.0. The van der Waals surface area contributed by atoms with Crippen molar-refractivity contribution < 1.29 is 24.2 Å². The van der Waals surface area contributed by atoms with E-state index in [1.165, 1.54) is 0 Å². The normalized spacial score (nSPS) is 21.1. The standard InChI is InChI=1S/C13H14N2O5/c16-11-10(9(6-14-11)12(17)18)15-13(19)20-7-8-4-2-1-3-5-8/h1-5,9-10H,6-7H2,(H,14,16)(H,15,19)(H,17,18)/t9-,10+/m1/s1. The molecule has 3 N–H and O–H groups in total. The number of hydrogen-bond acceptors (Lipinski definition) is 4. The van der Waals surface area contributed by atoms with Gasteiger partial charge in [-0.15, -0.1) is 0 Å². The molecule has 1 aliphatic heterocycles. The zero-order valence-electron chi connectivity index (χ0n) is 10.5. The topological polar surface area (TPSA) is 105 Å². The molecule has 2 atom stereocenters. The van der Waals surface area contributed by atoms with E-state index in [2.05, 4.69) is 10.6 Å². The number of carboxylic acid groups (broad SMARTS) is 1. The molecule has 1 heterocycles. The van der Waals surface area contributed by atoms with Gasteiger partial charge in [0.05, 0.1) is 0 Å². The minimum atomic E-state index is -1.14. The molecule has 7 heteroatoms. The number of aliphatic carboxylic acids is 1. The Labute approximate surface area is 114 Å². The lowest BCUT2D eigenvalue weighted by Crippen LogP contribution is -2.45. The van der Waals surface area contributed by atoms with Crippen LogP contribution in [0, 0.1) is 5.92 Å². The van der Waals surface area contributed by atoms with Gasteiger partial charge >= 0.3 is 12.1 Å². The zero-order valence-corrected chi connectivity index (χ0v) is 10.5. The Morgan fingerprint density at radius 3 is 2.70 bits per heavy atom. The maximum Gasteiger partial charge on any atom is 0.408 e. The molecule has 1 aromatic carbocycles. The van der Waals surface area contributed by atoms with E-state index < -0.39 is 29.9 Å². The molecule has 0 aromatic heterocycles. The minimum Gasteiger partial charge on any atom is -0.481 e. The monoisotopic (exact) mass is 278 g/mol. The molecule has 7 nitrogen and oxygen atoms in total. The van der Waals surface area contributed by atoms with Gasteiger partial charge in [0.15, 0.2) is 0 Å².